The molecule has 1 saturated heterocycles. The van der Waals surface area contributed by atoms with Gasteiger partial charge >= 0.3 is 0 Å². The van der Waals surface area contributed by atoms with Crippen LogP contribution in [0.4, 0.5) is 14.5 Å². The molecule has 2 fully saturated rings. The highest BCUT2D eigenvalue weighted by Crippen LogP contribution is 2.36. The molecular weight excluding hydrogens is 500 g/mol. The van der Waals surface area contributed by atoms with Crippen LogP contribution in [-0.2, 0) is 11.0 Å². The zero-order valence-electron chi connectivity index (χ0n) is 17.6. The fourth-order valence-electron chi connectivity index (χ4n) is 4.41. The molecule has 3 aromatic rings. The Bertz CT molecular complexity index is 1170. The third-order valence-corrected chi connectivity index (χ3v) is 8.06. The number of alkyl halides is 2. The maximum Gasteiger partial charge on any atom is 0.265 e. The van der Waals surface area contributed by atoms with E-state index in [1.165, 1.54) is 23.0 Å². The molecule has 0 radical (unpaired) electrons. The minimum Gasteiger partial charge on any atom is -0.495 e. The van der Waals surface area contributed by atoms with Gasteiger partial charge in [0.25, 0.3) is 6.43 Å². The van der Waals surface area contributed by atoms with E-state index >= 15 is 0 Å². The van der Waals surface area contributed by atoms with E-state index in [9.17, 15) is 13.0 Å². The minimum absolute atomic E-state index is 0.120. The van der Waals surface area contributed by atoms with Crippen molar-refractivity contribution in [1.29, 1.82) is 0 Å². The van der Waals surface area contributed by atoms with Gasteiger partial charge < -0.3 is 9.64 Å². The summed E-state index contributed by atoms with van der Waals surface area (Å²) < 4.78 is 48.5. The zero-order valence-corrected chi connectivity index (χ0v) is 20.0. The topological polar surface area (TPSA) is 37.7 Å². The molecule has 0 bridgehead atoms. The predicted molar refractivity (Wildman–Crippen MR) is 126 cm³/mol. The number of ether oxygens (including phenoxy) is 1. The lowest BCUT2D eigenvalue weighted by Gasteiger charge is -2.36. The molecule has 2 heterocycles. The first kappa shape index (κ1) is 21.9. The van der Waals surface area contributed by atoms with Gasteiger partial charge in [-0.1, -0.05) is 22.0 Å². The second-order valence-electron chi connectivity index (χ2n) is 8.21. The van der Waals surface area contributed by atoms with Crippen LogP contribution in [0.2, 0.25) is 0 Å². The molecule has 1 aliphatic carbocycles. The third kappa shape index (κ3) is 4.06. The van der Waals surface area contributed by atoms with Crippen LogP contribution in [-0.4, -0.2) is 52.4 Å². The van der Waals surface area contributed by atoms with E-state index in [2.05, 4.69) is 25.7 Å². The van der Waals surface area contributed by atoms with Gasteiger partial charge in [-0.2, -0.15) is 0 Å². The Morgan fingerprint density at radius 3 is 2.50 bits per heavy atom. The third-order valence-electron chi connectivity index (χ3n) is 6.25. The van der Waals surface area contributed by atoms with Gasteiger partial charge in [0.1, 0.15) is 5.75 Å². The molecule has 2 aromatic carbocycles. The van der Waals surface area contributed by atoms with Crippen molar-refractivity contribution in [2.24, 2.45) is 0 Å². The van der Waals surface area contributed by atoms with Crippen LogP contribution < -0.4 is 9.64 Å². The summed E-state index contributed by atoms with van der Waals surface area (Å²) in [5, 5.41) is 0.404. The molecule has 0 amide bonds. The Kier molecular flexibility index (Phi) is 5.98. The fourth-order valence-corrected chi connectivity index (χ4v) is 5.93. The summed E-state index contributed by atoms with van der Waals surface area (Å²) >= 11 is 3.39. The molecule has 5 rings (SSSR count). The fraction of sp³-hybridized carbons (Fsp3) is 0.391. The lowest BCUT2D eigenvalue weighted by atomic mass is 10.2. The van der Waals surface area contributed by atoms with Gasteiger partial charge in [0, 0.05) is 53.8 Å². The van der Waals surface area contributed by atoms with E-state index in [4.69, 9.17) is 4.74 Å². The number of aromatic nitrogens is 1. The monoisotopic (exact) mass is 523 g/mol. The van der Waals surface area contributed by atoms with E-state index in [0.29, 0.717) is 15.8 Å². The minimum atomic E-state index is -2.65. The Balaban J connectivity index is 1.49. The van der Waals surface area contributed by atoms with Crippen molar-refractivity contribution >= 4 is 43.5 Å². The average molecular weight is 524 g/mol. The Labute approximate surface area is 196 Å². The van der Waals surface area contributed by atoms with Gasteiger partial charge in [0.05, 0.1) is 23.2 Å². The van der Waals surface area contributed by atoms with Crippen molar-refractivity contribution in [3.63, 3.8) is 0 Å². The van der Waals surface area contributed by atoms with Crippen LogP contribution in [0.1, 0.15) is 24.8 Å². The maximum atomic E-state index is 13.6. The summed E-state index contributed by atoms with van der Waals surface area (Å²) in [7, 11) is -0.0580. The number of rotatable bonds is 6. The highest BCUT2D eigenvalue weighted by Gasteiger charge is 2.32. The molecule has 5 nitrogen and oxygen atoms in total. The number of anilines is 1. The zero-order chi connectivity index (χ0) is 22.4. The number of fused-ring (bicyclic) bond motifs is 1. The molecule has 2 aliphatic rings. The maximum absolute atomic E-state index is 13.6. The van der Waals surface area contributed by atoms with Crippen molar-refractivity contribution in [2.45, 2.75) is 30.2 Å². The smallest absolute Gasteiger partial charge is 0.265 e. The van der Waals surface area contributed by atoms with E-state index in [0.717, 1.165) is 48.1 Å². The molecule has 0 N–H and O–H groups in total. The summed E-state index contributed by atoms with van der Waals surface area (Å²) in [5.74, 6) is 0.721. The molecule has 1 saturated carbocycles. The van der Waals surface area contributed by atoms with Crippen molar-refractivity contribution in [3.05, 3.63) is 52.6 Å². The number of methoxy groups -OCH3 is 1. The largest absolute Gasteiger partial charge is 0.495 e. The second-order valence-corrected chi connectivity index (χ2v) is 10.5. The molecule has 0 spiro atoms. The summed E-state index contributed by atoms with van der Waals surface area (Å²) in [5.41, 5.74) is 1.27. The van der Waals surface area contributed by atoms with Crippen LogP contribution in [0.15, 0.2) is 52.0 Å². The van der Waals surface area contributed by atoms with Crippen molar-refractivity contribution in [3.8, 4) is 5.75 Å². The normalized spacial score (nSPS) is 18.5. The van der Waals surface area contributed by atoms with Crippen LogP contribution in [0, 0.1) is 0 Å². The van der Waals surface area contributed by atoms with Gasteiger partial charge in [-0.25, -0.2) is 13.0 Å². The first-order chi connectivity index (χ1) is 15.5. The first-order valence-corrected chi connectivity index (χ1v) is 12.5. The predicted octanol–water partition coefficient (Wildman–Crippen LogP) is 5.21. The molecule has 170 valence electrons. The van der Waals surface area contributed by atoms with Gasteiger partial charge in [-0.05, 0) is 43.2 Å². The number of hydrogen-bond acceptors (Lipinski definition) is 4. The van der Waals surface area contributed by atoms with E-state index < -0.39 is 17.4 Å². The van der Waals surface area contributed by atoms with Crippen LogP contribution in [0.3, 0.4) is 0 Å². The summed E-state index contributed by atoms with van der Waals surface area (Å²) in [6, 6.07) is 11.2. The van der Waals surface area contributed by atoms with Gasteiger partial charge in [0.15, 0.2) is 11.0 Å². The van der Waals surface area contributed by atoms with Crippen molar-refractivity contribution < 1.29 is 17.7 Å². The number of benzene rings is 2. The average Bonchev–Trinajstić information content (AvgIpc) is 3.59. The molecule has 32 heavy (non-hydrogen) atoms. The van der Waals surface area contributed by atoms with E-state index in [-0.39, 0.29) is 5.56 Å². The Hall–Kier alpha value is -1.97. The Morgan fingerprint density at radius 1 is 1.09 bits per heavy atom. The molecular formula is C23H24BrF2N3O2S. The van der Waals surface area contributed by atoms with Gasteiger partial charge in [-0.3, -0.25) is 8.87 Å². The first-order valence-electron chi connectivity index (χ1n) is 10.6. The Morgan fingerprint density at radius 2 is 1.84 bits per heavy atom. The van der Waals surface area contributed by atoms with Crippen LogP contribution >= 0.6 is 15.9 Å². The van der Waals surface area contributed by atoms with Gasteiger partial charge in [0.2, 0.25) is 0 Å². The number of piperazine rings is 1. The second kappa shape index (κ2) is 8.76. The standard InChI is InChI=1S/C23H24BrF2N3O2S/c1-31-22-7-5-17(13-21(22)28-10-8-27(9-11-28)16-3-4-16)32(30)29-14-19(23(25)26)18-6-2-15(24)12-20(18)29/h2,5-7,12-14,16,23H,3-4,8-11H2,1H3. The SMILES string of the molecule is COc1ccc(S(=O)n2cc(C(F)F)c3ccc(Br)cc32)cc1N1CCN(C2CC2)CC1. The highest BCUT2D eigenvalue weighted by atomic mass is 79.9. The summed E-state index contributed by atoms with van der Waals surface area (Å²) in [6.45, 7) is 3.74. The van der Waals surface area contributed by atoms with Crippen molar-refractivity contribution in [1.82, 2.24) is 8.87 Å². The molecule has 1 unspecified atom stereocenters. The quantitative estimate of drug-likeness (QED) is 0.444. The lowest BCUT2D eigenvalue weighted by Crippen LogP contribution is -2.47. The molecule has 1 aliphatic heterocycles. The summed E-state index contributed by atoms with van der Waals surface area (Å²) in [6.07, 6.45) is 1.24. The number of hydrogen-bond donors (Lipinski definition) is 0. The van der Waals surface area contributed by atoms with Crippen LogP contribution in [0.25, 0.3) is 10.9 Å². The van der Waals surface area contributed by atoms with E-state index in [1.807, 2.05) is 12.1 Å². The highest BCUT2D eigenvalue weighted by molar-refractivity contribution is 9.10. The van der Waals surface area contributed by atoms with Gasteiger partial charge in [-0.15, -0.1) is 0 Å². The molecule has 9 heteroatoms. The van der Waals surface area contributed by atoms with Crippen LogP contribution in [0.5, 0.6) is 5.75 Å². The van der Waals surface area contributed by atoms with Crippen molar-refractivity contribution in [2.75, 3.05) is 38.2 Å². The van der Waals surface area contributed by atoms with E-state index in [1.54, 1.807) is 31.4 Å². The number of halogens is 3. The molecule has 1 aromatic heterocycles. The lowest BCUT2D eigenvalue weighted by molar-refractivity contribution is 0.153. The molecule has 1 atom stereocenters. The number of nitrogens with zero attached hydrogens (tertiary/aromatic N) is 3. The summed E-state index contributed by atoms with van der Waals surface area (Å²) in [4.78, 5) is 5.33.